The number of hydrogen-bond donors (Lipinski definition) is 2. The van der Waals surface area contributed by atoms with Crippen LogP contribution in [-0.4, -0.2) is 21.0 Å². The van der Waals surface area contributed by atoms with E-state index in [1.807, 2.05) is 0 Å². The van der Waals surface area contributed by atoms with E-state index in [1.54, 1.807) is 0 Å². The molecule has 0 saturated carbocycles. The molecular formula is C11H7FN2O3. The van der Waals surface area contributed by atoms with Crippen LogP contribution in [0.25, 0.3) is 11.1 Å². The summed E-state index contributed by atoms with van der Waals surface area (Å²) in [6.07, 6.45) is 2.47. The van der Waals surface area contributed by atoms with Crippen LogP contribution in [0.2, 0.25) is 0 Å². The zero-order chi connectivity index (χ0) is 12.4. The number of pyridine rings is 2. The van der Waals surface area contributed by atoms with Crippen molar-refractivity contribution in [2.24, 2.45) is 0 Å². The molecule has 0 aliphatic heterocycles. The summed E-state index contributed by atoms with van der Waals surface area (Å²) in [5.74, 6) is -1.88. The molecule has 6 heteroatoms. The van der Waals surface area contributed by atoms with Crippen LogP contribution in [-0.2, 0) is 0 Å². The summed E-state index contributed by atoms with van der Waals surface area (Å²) in [5, 5.41) is 8.96. The highest BCUT2D eigenvalue weighted by molar-refractivity contribution is 5.95. The normalized spacial score (nSPS) is 10.2. The Morgan fingerprint density at radius 2 is 2.18 bits per heavy atom. The van der Waals surface area contributed by atoms with Crippen LogP contribution in [0.4, 0.5) is 4.39 Å². The van der Waals surface area contributed by atoms with Gasteiger partial charge in [-0.15, -0.1) is 0 Å². The van der Waals surface area contributed by atoms with Gasteiger partial charge in [-0.25, -0.2) is 9.78 Å². The average molecular weight is 234 g/mol. The van der Waals surface area contributed by atoms with Gasteiger partial charge >= 0.3 is 5.97 Å². The molecule has 0 spiro atoms. The molecule has 2 heterocycles. The molecule has 2 N–H and O–H groups in total. The van der Waals surface area contributed by atoms with E-state index in [4.69, 9.17) is 5.11 Å². The highest BCUT2D eigenvalue weighted by Gasteiger charge is 2.12. The van der Waals surface area contributed by atoms with Gasteiger partial charge in [0, 0.05) is 29.6 Å². The van der Waals surface area contributed by atoms with Gasteiger partial charge in [0.15, 0.2) is 0 Å². The molecule has 0 amide bonds. The van der Waals surface area contributed by atoms with Crippen molar-refractivity contribution in [3.05, 3.63) is 52.5 Å². The number of carboxylic acid groups (broad SMARTS) is 1. The summed E-state index contributed by atoms with van der Waals surface area (Å²) in [5.41, 5.74) is 0.0352. The van der Waals surface area contributed by atoms with Crippen LogP contribution in [0, 0.1) is 5.95 Å². The molecule has 0 saturated heterocycles. The van der Waals surface area contributed by atoms with Crippen molar-refractivity contribution in [1.82, 2.24) is 9.97 Å². The highest BCUT2D eigenvalue weighted by Crippen LogP contribution is 2.20. The minimum Gasteiger partial charge on any atom is -0.478 e. The maximum Gasteiger partial charge on any atom is 0.336 e. The smallest absolute Gasteiger partial charge is 0.336 e. The van der Waals surface area contributed by atoms with Gasteiger partial charge in [0.1, 0.15) is 0 Å². The van der Waals surface area contributed by atoms with E-state index in [0.717, 1.165) is 12.1 Å². The van der Waals surface area contributed by atoms with E-state index in [9.17, 15) is 14.0 Å². The molecule has 17 heavy (non-hydrogen) atoms. The first-order valence-corrected chi connectivity index (χ1v) is 4.66. The Hall–Kier alpha value is -2.50. The summed E-state index contributed by atoms with van der Waals surface area (Å²) < 4.78 is 12.6. The van der Waals surface area contributed by atoms with Gasteiger partial charge in [0.25, 0.3) is 0 Å². The van der Waals surface area contributed by atoms with Gasteiger partial charge in [0.2, 0.25) is 11.5 Å². The largest absolute Gasteiger partial charge is 0.478 e. The third-order valence-corrected chi connectivity index (χ3v) is 2.19. The van der Waals surface area contributed by atoms with Gasteiger partial charge in [-0.1, -0.05) is 0 Å². The molecule has 0 aliphatic carbocycles. The SMILES string of the molecule is O=C(O)c1cc(=O)[nH]cc1-c1ccc(F)nc1. The van der Waals surface area contributed by atoms with Crippen molar-refractivity contribution in [2.45, 2.75) is 0 Å². The fourth-order valence-electron chi connectivity index (χ4n) is 1.42. The Balaban J connectivity index is 2.62. The summed E-state index contributed by atoms with van der Waals surface area (Å²) >= 11 is 0. The quantitative estimate of drug-likeness (QED) is 0.766. The molecule has 2 aromatic rings. The van der Waals surface area contributed by atoms with Crippen molar-refractivity contribution >= 4 is 5.97 Å². The molecule has 0 aliphatic rings. The molecule has 0 fully saturated rings. The minimum atomic E-state index is -1.23. The molecule has 86 valence electrons. The van der Waals surface area contributed by atoms with Gasteiger partial charge < -0.3 is 10.1 Å². The Morgan fingerprint density at radius 1 is 1.41 bits per heavy atom. The van der Waals surface area contributed by atoms with Crippen LogP contribution in [0.1, 0.15) is 10.4 Å². The first-order valence-electron chi connectivity index (χ1n) is 4.66. The summed E-state index contributed by atoms with van der Waals surface area (Å²) in [4.78, 5) is 27.8. The Kier molecular flexibility index (Phi) is 2.70. The van der Waals surface area contributed by atoms with E-state index in [-0.39, 0.29) is 11.1 Å². The van der Waals surface area contributed by atoms with Crippen LogP contribution in [0.3, 0.4) is 0 Å². The lowest BCUT2D eigenvalue weighted by Crippen LogP contribution is -2.10. The number of halogens is 1. The molecule has 0 atom stereocenters. The molecule has 0 radical (unpaired) electrons. The predicted molar refractivity (Wildman–Crippen MR) is 57.2 cm³/mol. The number of hydrogen-bond acceptors (Lipinski definition) is 3. The second kappa shape index (κ2) is 4.17. The molecule has 0 unspecified atom stereocenters. The molecule has 0 bridgehead atoms. The van der Waals surface area contributed by atoms with E-state index in [0.29, 0.717) is 5.56 Å². The van der Waals surface area contributed by atoms with Crippen molar-refractivity contribution in [1.29, 1.82) is 0 Å². The lowest BCUT2D eigenvalue weighted by atomic mass is 10.0. The number of nitrogens with zero attached hydrogens (tertiary/aromatic N) is 1. The summed E-state index contributed by atoms with van der Waals surface area (Å²) in [7, 11) is 0. The van der Waals surface area contributed by atoms with E-state index in [1.165, 1.54) is 18.5 Å². The summed E-state index contributed by atoms with van der Waals surface area (Å²) in [6, 6.07) is 3.48. The van der Waals surface area contributed by atoms with E-state index >= 15 is 0 Å². The van der Waals surface area contributed by atoms with Crippen molar-refractivity contribution in [3.8, 4) is 11.1 Å². The first-order chi connectivity index (χ1) is 8.08. The standard InChI is InChI=1S/C11H7FN2O3/c12-9-2-1-6(4-13-9)8-5-14-10(15)3-7(8)11(16)17/h1-5H,(H,14,15)(H,16,17). The number of rotatable bonds is 2. The highest BCUT2D eigenvalue weighted by atomic mass is 19.1. The molecule has 2 rings (SSSR count). The maximum atomic E-state index is 12.6. The second-order valence-electron chi connectivity index (χ2n) is 3.30. The third kappa shape index (κ3) is 2.20. The van der Waals surface area contributed by atoms with Crippen LogP contribution < -0.4 is 5.56 Å². The zero-order valence-electron chi connectivity index (χ0n) is 8.48. The lowest BCUT2D eigenvalue weighted by Gasteiger charge is -2.04. The zero-order valence-corrected chi connectivity index (χ0v) is 8.48. The molecular weight excluding hydrogens is 227 g/mol. The van der Waals surface area contributed by atoms with Crippen molar-refractivity contribution in [2.75, 3.05) is 0 Å². The Bertz CT molecular complexity index is 619. The first kappa shape index (κ1) is 11.0. The van der Waals surface area contributed by atoms with Crippen LogP contribution >= 0.6 is 0 Å². The Morgan fingerprint density at radius 3 is 2.76 bits per heavy atom. The number of aromatic nitrogens is 2. The topological polar surface area (TPSA) is 83.0 Å². The number of aromatic carboxylic acids is 1. The number of H-pyrrole nitrogens is 1. The minimum absolute atomic E-state index is 0.151. The fourth-order valence-corrected chi connectivity index (χ4v) is 1.42. The number of carbonyl (C=O) groups is 1. The van der Waals surface area contributed by atoms with Gasteiger partial charge in [-0.3, -0.25) is 4.79 Å². The van der Waals surface area contributed by atoms with Gasteiger partial charge in [0.05, 0.1) is 5.56 Å². The number of nitrogens with one attached hydrogen (secondary N) is 1. The second-order valence-corrected chi connectivity index (χ2v) is 3.30. The number of aromatic amines is 1. The maximum absolute atomic E-state index is 12.6. The third-order valence-electron chi connectivity index (χ3n) is 2.19. The van der Waals surface area contributed by atoms with E-state index < -0.39 is 17.5 Å². The van der Waals surface area contributed by atoms with E-state index in [2.05, 4.69) is 9.97 Å². The summed E-state index contributed by atoms with van der Waals surface area (Å²) in [6.45, 7) is 0. The average Bonchev–Trinajstić information content (AvgIpc) is 2.30. The monoisotopic (exact) mass is 234 g/mol. The molecule has 5 nitrogen and oxygen atoms in total. The van der Waals surface area contributed by atoms with Crippen LogP contribution in [0.15, 0.2) is 35.4 Å². The van der Waals surface area contributed by atoms with Crippen molar-refractivity contribution < 1.29 is 14.3 Å². The van der Waals surface area contributed by atoms with Crippen molar-refractivity contribution in [3.63, 3.8) is 0 Å². The molecule has 2 aromatic heterocycles. The van der Waals surface area contributed by atoms with Gasteiger partial charge in [-0.05, 0) is 12.1 Å². The predicted octanol–water partition coefficient (Wildman–Crippen LogP) is 1.27. The number of carboxylic acids is 1. The van der Waals surface area contributed by atoms with Gasteiger partial charge in [-0.2, -0.15) is 4.39 Å². The molecule has 0 aromatic carbocycles. The Labute approximate surface area is 94.6 Å². The van der Waals surface area contributed by atoms with Crippen LogP contribution in [0.5, 0.6) is 0 Å². The lowest BCUT2D eigenvalue weighted by molar-refractivity contribution is 0.0697. The fraction of sp³-hybridized carbons (Fsp3) is 0.